The predicted octanol–water partition coefficient (Wildman–Crippen LogP) is 1.64. The molecular weight excluding hydrogens is 284 g/mol. The number of carbonyl (C=O) groups is 2. The molecule has 1 saturated heterocycles. The zero-order valence-electron chi connectivity index (χ0n) is 11.4. The Bertz CT molecular complexity index is 322. The van der Waals surface area contributed by atoms with Crippen LogP contribution in [0.2, 0.25) is 0 Å². The first-order chi connectivity index (χ1) is 8.98. The van der Waals surface area contributed by atoms with Crippen LogP contribution in [0.25, 0.3) is 0 Å². The van der Waals surface area contributed by atoms with Crippen LogP contribution in [0.1, 0.15) is 20.3 Å². The van der Waals surface area contributed by atoms with E-state index in [0.717, 1.165) is 11.5 Å². The summed E-state index contributed by atoms with van der Waals surface area (Å²) in [6.45, 7) is 4.24. The first-order valence-electron chi connectivity index (χ1n) is 6.42. The molecule has 7 heteroatoms. The van der Waals surface area contributed by atoms with Crippen LogP contribution >= 0.6 is 23.5 Å². The number of hydrogen-bond acceptors (Lipinski definition) is 4. The van der Waals surface area contributed by atoms with Gasteiger partial charge >= 0.3 is 12.0 Å². The van der Waals surface area contributed by atoms with E-state index in [2.05, 4.69) is 10.6 Å². The van der Waals surface area contributed by atoms with E-state index in [0.29, 0.717) is 18.2 Å². The van der Waals surface area contributed by atoms with E-state index in [1.807, 2.05) is 30.4 Å². The van der Waals surface area contributed by atoms with E-state index in [4.69, 9.17) is 5.11 Å². The first-order valence-corrected chi connectivity index (χ1v) is 8.62. The van der Waals surface area contributed by atoms with Gasteiger partial charge in [-0.1, -0.05) is 6.92 Å². The second-order valence-corrected chi connectivity index (χ2v) is 7.41. The van der Waals surface area contributed by atoms with Gasteiger partial charge in [-0.2, -0.15) is 23.5 Å². The molecule has 0 spiro atoms. The van der Waals surface area contributed by atoms with E-state index in [1.165, 1.54) is 5.75 Å². The second kappa shape index (κ2) is 7.89. The number of carbonyl (C=O) groups excluding carboxylic acids is 1. The fourth-order valence-electron chi connectivity index (χ4n) is 1.55. The summed E-state index contributed by atoms with van der Waals surface area (Å²) in [5, 5.41) is 15.0. The minimum Gasteiger partial charge on any atom is -0.481 e. The quantitative estimate of drug-likeness (QED) is 0.695. The Morgan fingerprint density at radius 1 is 1.37 bits per heavy atom. The molecule has 110 valence electrons. The summed E-state index contributed by atoms with van der Waals surface area (Å²) in [4.78, 5) is 22.7. The molecule has 0 aromatic carbocycles. The van der Waals surface area contributed by atoms with E-state index >= 15 is 0 Å². The third kappa shape index (κ3) is 5.52. The smallest absolute Gasteiger partial charge is 0.314 e. The molecule has 0 saturated carbocycles. The molecule has 2 unspecified atom stereocenters. The van der Waals surface area contributed by atoms with Gasteiger partial charge in [-0.25, -0.2) is 4.79 Å². The standard InChI is InChI=1S/C12H22N2O3S2/c1-3-12(2,10(15)16)8-14-11(17)13-6-9-7-18-4-5-19-9/h9H,3-8H2,1-2H3,(H,15,16)(H2,13,14,17). The van der Waals surface area contributed by atoms with Gasteiger partial charge in [-0.05, 0) is 13.3 Å². The molecule has 3 N–H and O–H groups in total. The van der Waals surface area contributed by atoms with Gasteiger partial charge in [-0.15, -0.1) is 0 Å². The second-order valence-electron chi connectivity index (χ2n) is 4.85. The van der Waals surface area contributed by atoms with Crippen molar-refractivity contribution in [2.75, 3.05) is 30.3 Å². The van der Waals surface area contributed by atoms with E-state index < -0.39 is 11.4 Å². The Morgan fingerprint density at radius 2 is 2.11 bits per heavy atom. The van der Waals surface area contributed by atoms with Gasteiger partial charge in [0.25, 0.3) is 0 Å². The summed E-state index contributed by atoms with van der Waals surface area (Å²) in [7, 11) is 0. The number of nitrogens with one attached hydrogen (secondary N) is 2. The molecule has 0 aromatic heterocycles. The average Bonchev–Trinajstić information content (AvgIpc) is 2.43. The lowest BCUT2D eigenvalue weighted by Crippen LogP contribution is -2.46. The Labute approximate surface area is 122 Å². The van der Waals surface area contributed by atoms with Crippen LogP contribution in [-0.4, -0.2) is 52.7 Å². The zero-order valence-corrected chi connectivity index (χ0v) is 13.0. The number of urea groups is 1. The highest BCUT2D eigenvalue weighted by atomic mass is 32.2. The summed E-state index contributed by atoms with van der Waals surface area (Å²) in [5.41, 5.74) is -0.896. The number of carboxylic acid groups (broad SMARTS) is 1. The lowest BCUT2D eigenvalue weighted by Gasteiger charge is -2.24. The van der Waals surface area contributed by atoms with E-state index in [-0.39, 0.29) is 12.6 Å². The van der Waals surface area contributed by atoms with Crippen molar-refractivity contribution < 1.29 is 14.7 Å². The minimum atomic E-state index is -0.896. The van der Waals surface area contributed by atoms with Crippen molar-refractivity contribution in [2.45, 2.75) is 25.5 Å². The molecule has 1 aliphatic rings. The lowest BCUT2D eigenvalue weighted by molar-refractivity contribution is -0.147. The van der Waals surface area contributed by atoms with Crippen molar-refractivity contribution in [1.82, 2.24) is 10.6 Å². The maximum atomic E-state index is 11.6. The van der Waals surface area contributed by atoms with E-state index in [1.54, 1.807) is 6.92 Å². The van der Waals surface area contributed by atoms with E-state index in [9.17, 15) is 9.59 Å². The van der Waals surface area contributed by atoms with Crippen LogP contribution in [0.3, 0.4) is 0 Å². The van der Waals surface area contributed by atoms with Crippen LogP contribution in [0, 0.1) is 5.41 Å². The predicted molar refractivity (Wildman–Crippen MR) is 81.0 cm³/mol. The number of aliphatic carboxylic acids is 1. The van der Waals surface area contributed by atoms with Crippen molar-refractivity contribution in [3.05, 3.63) is 0 Å². The lowest BCUT2D eigenvalue weighted by atomic mass is 9.88. The average molecular weight is 306 g/mol. The fourth-order valence-corrected chi connectivity index (χ4v) is 4.16. The Balaban J connectivity index is 2.25. The summed E-state index contributed by atoms with van der Waals surface area (Å²) in [6.07, 6.45) is 0.484. The maximum absolute atomic E-state index is 11.6. The summed E-state index contributed by atoms with van der Waals surface area (Å²) >= 11 is 3.79. The van der Waals surface area contributed by atoms with Crippen LogP contribution in [-0.2, 0) is 4.79 Å². The highest BCUT2D eigenvalue weighted by Crippen LogP contribution is 2.23. The highest BCUT2D eigenvalue weighted by molar-refractivity contribution is 8.06. The van der Waals surface area contributed by atoms with Gasteiger partial charge < -0.3 is 15.7 Å². The van der Waals surface area contributed by atoms with Gasteiger partial charge in [0.2, 0.25) is 0 Å². The summed E-state index contributed by atoms with van der Waals surface area (Å²) in [6, 6.07) is -0.280. The topological polar surface area (TPSA) is 78.4 Å². The summed E-state index contributed by atoms with van der Waals surface area (Å²) < 4.78 is 0. The summed E-state index contributed by atoms with van der Waals surface area (Å²) in [5.74, 6) is 2.49. The van der Waals surface area contributed by atoms with Crippen molar-refractivity contribution >= 4 is 35.5 Å². The van der Waals surface area contributed by atoms with Gasteiger partial charge in [0, 0.05) is 35.6 Å². The largest absolute Gasteiger partial charge is 0.481 e. The monoisotopic (exact) mass is 306 g/mol. The molecule has 2 amide bonds. The van der Waals surface area contributed by atoms with Gasteiger partial charge in [0.1, 0.15) is 0 Å². The molecular formula is C12H22N2O3S2. The highest BCUT2D eigenvalue weighted by Gasteiger charge is 2.31. The van der Waals surface area contributed by atoms with Crippen molar-refractivity contribution in [2.24, 2.45) is 5.41 Å². The van der Waals surface area contributed by atoms with Gasteiger partial charge in [0.05, 0.1) is 5.41 Å². The number of amides is 2. The first kappa shape index (κ1) is 16.5. The zero-order chi connectivity index (χ0) is 14.3. The van der Waals surface area contributed by atoms with Crippen LogP contribution < -0.4 is 10.6 Å². The molecule has 0 bridgehead atoms. The minimum absolute atomic E-state index is 0.150. The molecule has 1 aliphatic heterocycles. The van der Waals surface area contributed by atoms with Gasteiger partial charge in [0.15, 0.2) is 0 Å². The third-order valence-corrected chi connectivity index (χ3v) is 6.16. The maximum Gasteiger partial charge on any atom is 0.314 e. The number of rotatable bonds is 6. The van der Waals surface area contributed by atoms with Crippen molar-refractivity contribution in [1.29, 1.82) is 0 Å². The number of carboxylic acids is 1. The Morgan fingerprint density at radius 3 is 2.63 bits per heavy atom. The van der Waals surface area contributed by atoms with Crippen LogP contribution in [0.4, 0.5) is 4.79 Å². The molecule has 5 nitrogen and oxygen atoms in total. The van der Waals surface area contributed by atoms with Gasteiger partial charge in [-0.3, -0.25) is 4.79 Å². The fraction of sp³-hybridized carbons (Fsp3) is 0.833. The molecule has 0 radical (unpaired) electrons. The third-order valence-electron chi connectivity index (χ3n) is 3.31. The molecule has 0 aliphatic carbocycles. The normalized spacial score (nSPS) is 22.3. The Hall–Kier alpha value is -0.560. The SMILES string of the molecule is CCC(C)(CNC(=O)NCC1CSCCS1)C(=O)O. The number of thioether (sulfide) groups is 2. The molecule has 2 atom stereocenters. The number of hydrogen-bond donors (Lipinski definition) is 3. The molecule has 1 rings (SSSR count). The van der Waals surface area contributed by atoms with Crippen LogP contribution in [0.15, 0.2) is 0 Å². The van der Waals surface area contributed by atoms with Crippen molar-refractivity contribution in [3.8, 4) is 0 Å². The van der Waals surface area contributed by atoms with Crippen LogP contribution in [0.5, 0.6) is 0 Å². The molecule has 19 heavy (non-hydrogen) atoms. The molecule has 1 fully saturated rings. The van der Waals surface area contributed by atoms with Crippen molar-refractivity contribution in [3.63, 3.8) is 0 Å². The Kier molecular flexibility index (Phi) is 6.85. The molecule has 0 aromatic rings. The molecule has 1 heterocycles.